The second-order valence-electron chi connectivity index (χ2n) is 5.87. The number of carbonyl (C=O) groups is 1. The number of rotatable bonds is 6. The van der Waals surface area contributed by atoms with Crippen molar-refractivity contribution < 1.29 is 13.9 Å². The Hall–Kier alpha value is -3.80. The molecule has 4 rings (SSSR count). The number of fused-ring (bicyclic) bond motifs is 1. The molecule has 0 radical (unpaired) electrons. The van der Waals surface area contributed by atoms with Gasteiger partial charge in [-0.25, -0.2) is 5.43 Å². The zero-order valence-electron chi connectivity index (χ0n) is 14.4. The van der Waals surface area contributed by atoms with Crippen LogP contribution in [0.2, 0.25) is 0 Å². The SMILES string of the molecule is O=C(COc1cccc(-c2ccco2)c1)NN=Cc1cccc2[nH]ccc12. The Morgan fingerprint density at radius 2 is 2.07 bits per heavy atom. The summed E-state index contributed by atoms with van der Waals surface area (Å²) in [6.45, 7) is -0.132. The van der Waals surface area contributed by atoms with Gasteiger partial charge in [0.1, 0.15) is 11.5 Å². The second-order valence-corrected chi connectivity index (χ2v) is 5.87. The van der Waals surface area contributed by atoms with E-state index in [1.807, 2.05) is 60.8 Å². The van der Waals surface area contributed by atoms with Gasteiger partial charge in [-0.2, -0.15) is 5.10 Å². The summed E-state index contributed by atoms with van der Waals surface area (Å²) in [6.07, 6.45) is 5.10. The molecule has 0 saturated carbocycles. The molecule has 4 aromatic rings. The summed E-state index contributed by atoms with van der Waals surface area (Å²) in [5.74, 6) is 0.990. The normalized spacial score (nSPS) is 11.1. The molecule has 0 spiro atoms. The van der Waals surface area contributed by atoms with Crippen LogP contribution in [0.1, 0.15) is 5.56 Å². The lowest BCUT2D eigenvalue weighted by Crippen LogP contribution is -2.24. The van der Waals surface area contributed by atoms with E-state index >= 15 is 0 Å². The maximum Gasteiger partial charge on any atom is 0.277 e. The summed E-state index contributed by atoms with van der Waals surface area (Å²) in [4.78, 5) is 15.1. The Bertz CT molecular complexity index is 1080. The highest BCUT2D eigenvalue weighted by Gasteiger charge is 2.05. The molecule has 0 saturated heterocycles. The van der Waals surface area contributed by atoms with Crippen LogP contribution in [0.25, 0.3) is 22.2 Å². The Kier molecular flexibility index (Phi) is 4.70. The van der Waals surface area contributed by atoms with E-state index in [0.717, 1.165) is 27.8 Å². The van der Waals surface area contributed by atoms with Crippen LogP contribution in [-0.4, -0.2) is 23.7 Å². The lowest BCUT2D eigenvalue weighted by Gasteiger charge is -2.06. The molecule has 27 heavy (non-hydrogen) atoms. The number of furan rings is 1. The maximum atomic E-state index is 12.0. The molecule has 6 nitrogen and oxygen atoms in total. The molecular formula is C21H17N3O3. The molecule has 2 aromatic carbocycles. The van der Waals surface area contributed by atoms with Gasteiger partial charge < -0.3 is 14.1 Å². The molecule has 1 amide bonds. The molecular weight excluding hydrogens is 342 g/mol. The molecule has 0 unspecified atom stereocenters. The molecule has 0 fully saturated rings. The maximum absolute atomic E-state index is 12.0. The molecule has 0 bridgehead atoms. The third-order valence-corrected chi connectivity index (χ3v) is 4.03. The third kappa shape index (κ3) is 3.90. The van der Waals surface area contributed by atoms with Crippen molar-refractivity contribution in [2.45, 2.75) is 0 Å². The summed E-state index contributed by atoms with van der Waals surface area (Å²) >= 11 is 0. The average Bonchev–Trinajstić information content (AvgIpc) is 3.39. The fraction of sp³-hybridized carbons (Fsp3) is 0.0476. The van der Waals surface area contributed by atoms with Crippen molar-refractivity contribution in [2.75, 3.05) is 6.61 Å². The van der Waals surface area contributed by atoms with Crippen molar-refractivity contribution in [3.8, 4) is 17.1 Å². The lowest BCUT2D eigenvalue weighted by atomic mass is 10.1. The number of H-pyrrole nitrogens is 1. The molecule has 0 atom stereocenters. The average molecular weight is 359 g/mol. The number of carbonyl (C=O) groups excluding carboxylic acids is 1. The van der Waals surface area contributed by atoms with Crippen LogP contribution in [0.4, 0.5) is 0 Å². The third-order valence-electron chi connectivity index (χ3n) is 4.03. The Balaban J connectivity index is 1.34. The van der Waals surface area contributed by atoms with Crippen molar-refractivity contribution in [3.05, 3.63) is 78.7 Å². The van der Waals surface area contributed by atoms with Crippen molar-refractivity contribution in [1.82, 2.24) is 10.4 Å². The standard InChI is InChI=1S/C21H17N3O3/c25-21(24-23-13-16-5-2-7-19-18(16)9-10-22-19)14-27-17-6-1-4-15(12-17)20-8-3-11-26-20/h1-13,22H,14H2,(H,24,25). The number of hydrogen-bond donors (Lipinski definition) is 2. The number of hydrazone groups is 1. The summed E-state index contributed by atoms with van der Waals surface area (Å²) in [6, 6.07) is 18.9. The van der Waals surface area contributed by atoms with Crippen LogP contribution in [0.3, 0.4) is 0 Å². The summed E-state index contributed by atoms with van der Waals surface area (Å²) in [5.41, 5.74) is 5.30. The van der Waals surface area contributed by atoms with Crippen molar-refractivity contribution >= 4 is 23.0 Å². The van der Waals surface area contributed by atoms with E-state index in [4.69, 9.17) is 9.15 Å². The van der Waals surface area contributed by atoms with Gasteiger partial charge in [-0.3, -0.25) is 4.79 Å². The van der Waals surface area contributed by atoms with Crippen molar-refractivity contribution in [3.63, 3.8) is 0 Å². The number of amides is 1. The topological polar surface area (TPSA) is 79.6 Å². The van der Waals surface area contributed by atoms with E-state index in [0.29, 0.717) is 5.75 Å². The van der Waals surface area contributed by atoms with Crippen molar-refractivity contribution in [1.29, 1.82) is 0 Å². The van der Waals surface area contributed by atoms with Gasteiger partial charge in [-0.15, -0.1) is 0 Å². The molecule has 0 aliphatic rings. The van der Waals surface area contributed by atoms with Gasteiger partial charge in [0.2, 0.25) is 0 Å². The van der Waals surface area contributed by atoms with Crippen LogP contribution in [0.15, 0.2) is 82.6 Å². The first kappa shape index (κ1) is 16.7. The van der Waals surface area contributed by atoms with Crippen LogP contribution in [-0.2, 0) is 4.79 Å². The Morgan fingerprint density at radius 1 is 1.15 bits per heavy atom. The molecule has 2 N–H and O–H groups in total. The van der Waals surface area contributed by atoms with Gasteiger partial charge >= 0.3 is 0 Å². The minimum Gasteiger partial charge on any atom is -0.484 e. The molecule has 0 aliphatic carbocycles. The van der Waals surface area contributed by atoms with Gasteiger partial charge in [0.25, 0.3) is 5.91 Å². The minimum atomic E-state index is -0.337. The van der Waals surface area contributed by atoms with E-state index in [1.165, 1.54) is 0 Å². The molecule has 134 valence electrons. The van der Waals surface area contributed by atoms with E-state index in [1.54, 1.807) is 18.5 Å². The van der Waals surface area contributed by atoms with Gasteiger partial charge in [0.05, 0.1) is 12.5 Å². The van der Waals surface area contributed by atoms with E-state index in [2.05, 4.69) is 15.5 Å². The van der Waals surface area contributed by atoms with Crippen LogP contribution in [0, 0.1) is 0 Å². The van der Waals surface area contributed by atoms with E-state index in [-0.39, 0.29) is 12.5 Å². The highest BCUT2D eigenvalue weighted by Crippen LogP contribution is 2.24. The number of aromatic amines is 1. The van der Waals surface area contributed by atoms with Crippen LogP contribution < -0.4 is 10.2 Å². The number of ether oxygens (including phenoxy) is 1. The molecule has 2 aromatic heterocycles. The second kappa shape index (κ2) is 7.61. The quantitative estimate of drug-likeness (QED) is 0.404. The van der Waals surface area contributed by atoms with Gasteiger partial charge in [-0.05, 0) is 36.4 Å². The monoisotopic (exact) mass is 359 g/mol. The molecule has 2 heterocycles. The zero-order chi connectivity index (χ0) is 18.5. The van der Waals surface area contributed by atoms with Crippen molar-refractivity contribution in [2.24, 2.45) is 5.10 Å². The predicted octanol–water partition coefficient (Wildman–Crippen LogP) is 3.96. The first-order chi connectivity index (χ1) is 13.3. The van der Waals surface area contributed by atoms with Gasteiger partial charge in [0, 0.05) is 28.2 Å². The fourth-order valence-electron chi connectivity index (χ4n) is 2.76. The Labute approximate surface area is 155 Å². The minimum absolute atomic E-state index is 0.132. The van der Waals surface area contributed by atoms with Crippen LogP contribution in [0.5, 0.6) is 5.75 Å². The first-order valence-electron chi connectivity index (χ1n) is 8.44. The van der Waals surface area contributed by atoms with Gasteiger partial charge in [0.15, 0.2) is 6.61 Å². The summed E-state index contributed by atoms with van der Waals surface area (Å²) in [5, 5.41) is 5.05. The Morgan fingerprint density at radius 3 is 2.96 bits per heavy atom. The number of nitrogens with zero attached hydrogens (tertiary/aromatic N) is 1. The summed E-state index contributed by atoms with van der Waals surface area (Å²) in [7, 11) is 0. The number of hydrogen-bond acceptors (Lipinski definition) is 4. The summed E-state index contributed by atoms with van der Waals surface area (Å²) < 4.78 is 10.9. The molecule has 6 heteroatoms. The highest BCUT2D eigenvalue weighted by atomic mass is 16.5. The smallest absolute Gasteiger partial charge is 0.277 e. The lowest BCUT2D eigenvalue weighted by molar-refractivity contribution is -0.123. The number of nitrogens with one attached hydrogen (secondary N) is 2. The van der Waals surface area contributed by atoms with E-state index in [9.17, 15) is 4.79 Å². The predicted molar refractivity (Wildman–Crippen MR) is 104 cm³/mol. The van der Waals surface area contributed by atoms with Crippen LogP contribution >= 0.6 is 0 Å². The first-order valence-corrected chi connectivity index (χ1v) is 8.44. The van der Waals surface area contributed by atoms with Gasteiger partial charge in [-0.1, -0.05) is 24.3 Å². The number of aromatic nitrogens is 1. The fourth-order valence-corrected chi connectivity index (χ4v) is 2.76. The highest BCUT2D eigenvalue weighted by molar-refractivity contribution is 5.98. The van der Waals surface area contributed by atoms with E-state index < -0.39 is 0 Å². The largest absolute Gasteiger partial charge is 0.484 e. The molecule has 0 aliphatic heterocycles. The number of benzene rings is 2. The zero-order valence-corrected chi connectivity index (χ0v) is 14.4.